The van der Waals surface area contributed by atoms with Crippen molar-refractivity contribution in [2.45, 2.75) is 52.0 Å². The van der Waals surface area contributed by atoms with Crippen molar-refractivity contribution in [1.82, 2.24) is 29.7 Å². The molecule has 2 aromatic carbocycles. The standard InChI is InChI=1S/C30H30FN7O2/c1-2-40-27(39)13-8-6-4-3-5-7-12-26-36-28-29(32-20-33-30(28)37-26)35-24-14-15-25-22(17-24)18-34-38(25)19-21-10-9-11-23(31)16-21/h9-11,14-18,20H,2-6,8,13,19H2,1H3,(H2,32,33,35,36,37). The summed E-state index contributed by atoms with van der Waals surface area (Å²) in [6.07, 6.45) is 8.29. The Morgan fingerprint density at radius 3 is 2.90 bits per heavy atom. The topological polar surface area (TPSA) is 111 Å². The molecule has 9 nitrogen and oxygen atoms in total. The molecule has 10 heteroatoms. The van der Waals surface area contributed by atoms with Gasteiger partial charge in [-0.3, -0.25) is 9.48 Å². The molecule has 0 aliphatic heterocycles. The number of hydrogen-bond donors (Lipinski definition) is 2. The Kier molecular flexibility index (Phi) is 8.61. The summed E-state index contributed by atoms with van der Waals surface area (Å²) in [5.41, 5.74) is 3.83. The van der Waals surface area contributed by atoms with Crippen LogP contribution in [0.25, 0.3) is 22.1 Å². The number of rotatable bonds is 11. The van der Waals surface area contributed by atoms with Crippen LogP contribution in [-0.4, -0.2) is 42.3 Å². The second-order valence-corrected chi connectivity index (χ2v) is 9.36. The van der Waals surface area contributed by atoms with Crippen LogP contribution in [0.5, 0.6) is 0 Å². The second-order valence-electron chi connectivity index (χ2n) is 9.36. The van der Waals surface area contributed by atoms with Crippen LogP contribution in [0, 0.1) is 17.7 Å². The van der Waals surface area contributed by atoms with Crippen LogP contribution in [0.1, 0.15) is 56.8 Å². The largest absolute Gasteiger partial charge is 0.466 e. The maximum Gasteiger partial charge on any atom is 0.305 e. The fourth-order valence-corrected chi connectivity index (χ4v) is 4.43. The monoisotopic (exact) mass is 539 g/mol. The highest BCUT2D eigenvalue weighted by Crippen LogP contribution is 2.25. The average Bonchev–Trinajstić information content (AvgIpc) is 3.54. The van der Waals surface area contributed by atoms with Crippen molar-refractivity contribution in [2.24, 2.45) is 0 Å². The molecule has 0 saturated heterocycles. The van der Waals surface area contributed by atoms with Crippen molar-refractivity contribution in [3.05, 3.63) is 72.2 Å². The van der Waals surface area contributed by atoms with Gasteiger partial charge in [-0.15, -0.1) is 0 Å². The average molecular weight is 540 g/mol. The van der Waals surface area contributed by atoms with Crippen molar-refractivity contribution < 1.29 is 13.9 Å². The van der Waals surface area contributed by atoms with Gasteiger partial charge < -0.3 is 15.0 Å². The lowest BCUT2D eigenvalue weighted by Crippen LogP contribution is -2.02. The zero-order chi connectivity index (χ0) is 27.7. The fourth-order valence-electron chi connectivity index (χ4n) is 4.43. The van der Waals surface area contributed by atoms with Gasteiger partial charge in [0.1, 0.15) is 17.7 Å². The molecule has 3 aromatic heterocycles. The summed E-state index contributed by atoms with van der Waals surface area (Å²) in [4.78, 5) is 27.7. The molecule has 0 spiro atoms. The predicted molar refractivity (Wildman–Crippen MR) is 151 cm³/mol. The number of unbranched alkanes of at least 4 members (excludes halogenated alkanes) is 4. The molecule has 0 saturated carbocycles. The third-order valence-electron chi connectivity index (χ3n) is 6.36. The number of anilines is 2. The Morgan fingerprint density at radius 1 is 1.12 bits per heavy atom. The lowest BCUT2D eigenvalue weighted by molar-refractivity contribution is -0.143. The first kappa shape index (κ1) is 26.8. The Balaban J connectivity index is 1.19. The number of halogens is 1. The van der Waals surface area contributed by atoms with E-state index in [2.05, 4.69) is 42.2 Å². The lowest BCUT2D eigenvalue weighted by atomic mass is 10.1. The second kappa shape index (κ2) is 12.8. The summed E-state index contributed by atoms with van der Waals surface area (Å²) < 4.78 is 20.4. The molecule has 0 atom stereocenters. The van der Waals surface area contributed by atoms with Gasteiger partial charge in [-0.1, -0.05) is 30.9 Å². The highest BCUT2D eigenvalue weighted by atomic mass is 19.1. The van der Waals surface area contributed by atoms with Gasteiger partial charge in [-0.05, 0) is 61.6 Å². The first-order valence-electron chi connectivity index (χ1n) is 13.4. The number of aromatic nitrogens is 6. The van der Waals surface area contributed by atoms with Crippen LogP contribution >= 0.6 is 0 Å². The molecular weight excluding hydrogens is 509 g/mol. The minimum Gasteiger partial charge on any atom is -0.466 e. The third-order valence-corrected chi connectivity index (χ3v) is 6.36. The Morgan fingerprint density at radius 2 is 2.02 bits per heavy atom. The van der Waals surface area contributed by atoms with Gasteiger partial charge in [-0.2, -0.15) is 5.10 Å². The highest BCUT2D eigenvalue weighted by Gasteiger charge is 2.11. The van der Waals surface area contributed by atoms with Crippen molar-refractivity contribution >= 4 is 39.5 Å². The molecule has 0 radical (unpaired) electrons. The zero-order valence-corrected chi connectivity index (χ0v) is 22.3. The molecule has 3 heterocycles. The summed E-state index contributed by atoms with van der Waals surface area (Å²) in [5, 5.41) is 8.77. The van der Waals surface area contributed by atoms with E-state index in [1.54, 1.807) is 12.3 Å². The Bertz CT molecular complexity index is 1680. The minimum absolute atomic E-state index is 0.126. The fraction of sp³-hybridized carbons (Fsp3) is 0.300. The Hall–Kier alpha value is -4.78. The predicted octanol–water partition coefficient (Wildman–Crippen LogP) is 5.89. The van der Waals surface area contributed by atoms with E-state index in [0.717, 1.165) is 54.3 Å². The first-order chi connectivity index (χ1) is 19.6. The minimum atomic E-state index is -0.260. The third kappa shape index (κ3) is 6.80. The first-order valence-corrected chi connectivity index (χ1v) is 13.4. The van der Waals surface area contributed by atoms with Gasteiger partial charge >= 0.3 is 5.97 Å². The molecule has 2 N–H and O–H groups in total. The van der Waals surface area contributed by atoms with E-state index >= 15 is 0 Å². The number of fused-ring (bicyclic) bond motifs is 2. The molecule has 5 rings (SSSR count). The van der Waals surface area contributed by atoms with Crippen molar-refractivity contribution in [2.75, 3.05) is 11.9 Å². The number of carbonyl (C=O) groups excluding carboxylic acids is 1. The van der Waals surface area contributed by atoms with Crippen LogP contribution in [0.3, 0.4) is 0 Å². The molecule has 0 fully saturated rings. The van der Waals surface area contributed by atoms with Gasteiger partial charge in [0.15, 0.2) is 17.3 Å². The molecule has 40 heavy (non-hydrogen) atoms. The normalized spacial score (nSPS) is 10.9. The highest BCUT2D eigenvalue weighted by molar-refractivity contribution is 5.88. The van der Waals surface area contributed by atoms with Crippen LogP contribution in [-0.2, 0) is 16.1 Å². The van der Waals surface area contributed by atoms with E-state index in [-0.39, 0.29) is 11.8 Å². The van der Waals surface area contributed by atoms with Crippen molar-refractivity contribution in [3.8, 4) is 11.8 Å². The number of nitrogens with one attached hydrogen (secondary N) is 2. The van der Waals surface area contributed by atoms with Gasteiger partial charge in [0.05, 0.1) is 24.9 Å². The number of H-pyrrole nitrogens is 1. The van der Waals surface area contributed by atoms with Gasteiger partial charge in [0.2, 0.25) is 0 Å². The van der Waals surface area contributed by atoms with Crippen molar-refractivity contribution in [3.63, 3.8) is 0 Å². The van der Waals surface area contributed by atoms with E-state index in [1.165, 1.54) is 18.5 Å². The van der Waals surface area contributed by atoms with E-state index < -0.39 is 0 Å². The van der Waals surface area contributed by atoms with Gasteiger partial charge in [0.25, 0.3) is 0 Å². The number of ether oxygens (including phenoxy) is 1. The van der Waals surface area contributed by atoms with Crippen LogP contribution in [0.4, 0.5) is 15.9 Å². The molecule has 0 bridgehead atoms. The maximum atomic E-state index is 13.6. The maximum absolute atomic E-state index is 13.6. The summed E-state index contributed by atoms with van der Waals surface area (Å²) in [5.74, 6) is 6.99. The molecule has 0 aliphatic carbocycles. The number of nitrogens with zero attached hydrogens (tertiary/aromatic N) is 5. The number of carbonyl (C=O) groups is 1. The number of hydrogen-bond acceptors (Lipinski definition) is 7. The molecule has 0 aliphatic rings. The number of aromatic amines is 1. The van der Waals surface area contributed by atoms with E-state index in [4.69, 9.17) is 4.74 Å². The summed E-state index contributed by atoms with van der Waals surface area (Å²) in [7, 11) is 0. The van der Waals surface area contributed by atoms with E-state index in [1.807, 2.05) is 35.9 Å². The molecule has 0 unspecified atom stereocenters. The molecule has 0 amide bonds. The number of benzene rings is 2. The number of imidazole rings is 1. The van der Waals surface area contributed by atoms with Gasteiger partial charge in [0, 0.05) is 23.9 Å². The van der Waals surface area contributed by atoms with Crippen LogP contribution in [0.15, 0.2) is 55.0 Å². The van der Waals surface area contributed by atoms with Crippen molar-refractivity contribution in [1.29, 1.82) is 0 Å². The quantitative estimate of drug-likeness (QED) is 0.122. The van der Waals surface area contributed by atoms with E-state index in [9.17, 15) is 9.18 Å². The summed E-state index contributed by atoms with van der Waals surface area (Å²) >= 11 is 0. The smallest absolute Gasteiger partial charge is 0.305 e. The van der Waals surface area contributed by atoms with Crippen LogP contribution < -0.4 is 5.32 Å². The molecule has 204 valence electrons. The van der Waals surface area contributed by atoms with Gasteiger partial charge in [-0.25, -0.2) is 19.3 Å². The zero-order valence-electron chi connectivity index (χ0n) is 22.3. The summed E-state index contributed by atoms with van der Waals surface area (Å²) in [6, 6.07) is 12.4. The van der Waals surface area contributed by atoms with Crippen LogP contribution in [0.2, 0.25) is 0 Å². The summed E-state index contributed by atoms with van der Waals surface area (Å²) in [6.45, 7) is 2.73. The Labute approximate surface area is 231 Å². The molecular formula is C30H30FN7O2. The lowest BCUT2D eigenvalue weighted by Gasteiger charge is -2.07. The SMILES string of the molecule is CCOC(=O)CCCCCCC#Cc1nc2ncnc(Nc3ccc4c(cnn4Cc4cccc(F)c4)c3)c2[nH]1. The number of esters is 1. The molecule has 5 aromatic rings. The van der Waals surface area contributed by atoms with E-state index in [0.29, 0.717) is 42.4 Å².